The molecule has 0 aromatic carbocycles. The zero-order valence-corrected chi connectivity index (χ0v) is 26.4. The van der Waals surface area contributed by atoms with Gasteiger partial charge in [0, 0.05) is 51.1 Å². The second-order valence-corrected chi connectivity index (χ2v) is 8.74. The largest absolute Gasteiger partial charge is 0.336 e. The second-order valence-electron chi connectivity index (χ2n) is 6.31. The van der Waals surface area contributed by atoms with E-state index in [4.69, 9.17) is 0 Å². The molecule has 0 heterocycles. The number of allylic oxidation sites excluding steroid dienone is 4. The number of sulfone groups is 1. The van der Waals surface area contributed by atoms with Gasteiger partial charge in [0.25, 0.3) is 0 Å². The molecule has 7 heteroatoms. The predicted octanol–water partition coefficient (Wildman–Crippen LogP) is 7.40. The van der Waals surface area contributed by atoms with Crippen LogP contribution in [0, 0.1) is 6.92 Å². The predicted molar refractivity (Wildman–Crippen MR) is 145 cm³/mol. The van der Waals surface area contributed by atoms with E-state index in [0.717, 1.165) is 6.42 Å². The van der Waals surface area contributed by atoms with E-state index in [1.165, 1.54) is 39.0 Å². The van der Waals surface area contributed by atoms with Crippen molar-refractivity contribution in [3.05, 3.63) is 31.2 Å². The van der Waals surface area contributed by atoms with E-state index in [9.17, 15) is 22.8 Å². The van der Waals surface area contributed by atoms with Crippen molar-refractivity contribution < 1.29 is 55.5 Å². The van der Waals surface area contributed by atoms with Gasteiger partial charge in [0.05, 0.1) is 5.78 Å². The van der Waals surface area contributed by atoms with Crippen LogP contribution in [-0.2, 0) is 56.9 Å². The van der Waals surface area contributed by atoms with Gasteiger partial charge in [0.2, 0.25) is 0 Å². The molecule has 0 fully saturated rings. The first kappa shape index (κ1) is 53.8. The number of Topliss-reactive ketones (excluding diaryl/α,β-unsaturated/α-hetero) is 2. The molecule has 0 saturated carbocycles. The number of carbonyl (C=O) groups excluding carboxylic acids is 3. The number of carbonyl (C=O) groups is 3. The van der Waals surface area contributed by atoms with Gasteiger partial charge in [-0.3, -0.25) is 4.79 Å². The van der Waals surface area contributed by atoms with Crippen molar-refractivity contribution in [2.24, 2.45) is 0 Å². The summed E-state index contributed by atoms with van der Waals surface area (Å²) < 4.78 is 20.0. The molecule has 0 saturated heterocycles. The van der Waals surface area contributed by atoms with Gasteiger partial charge >= 0.3 is 0 Å². The first-order chi connectivity index (χ1) is 14.2. The van der Waals surface area contributed by atoms with Crippen molar-refractivity contribution in [2.75, 3.05) is 12.0 Å². The van der Waals surface area contributed by atoms with Crippen molar-refractivity contribution in [3.63, 3.8) is 0 Å². The molecule has 0 aromatic rings. The zero-order valence-electron chi connectivity index (χ0n) is 22.8. The van der Waals surface area contributed by atoms with Crippen LogP contribution in [0.15, 0.2) is 24.3 Å². The van der Waals surface area contributed by atoms with Gasteiger partial charge in [0.15, 0.2) is 5.78 Å². The first-order valence-corrected chi connectivity index (χ1v) is 13.0. The van der Waals surface area contributed by atoms with Gasteiger partial charge in [0.1, 0.15) is 15.6 Å². The monoisotopic (exact) mass is 568 g/mol. The number of unbranched alkanes of at least 4 members (excludes halogenated alkanes) is 1. The molecule has 199 valence electrons. The standard InChI is InChI=1S/C5H8O.C5H10.C4H8O.C4H7O.C4H10.C3H8O2S.CH4.Y/c1-3-4-5(2)6;1-3-5-4-2;2*1-3-4(2)5;1-3-4-2;1-3-6(2,4)5;;/h3-4H,1-2H3;3,5H,4H2,1-2H3;3H2,1-2H3;1,3H2,2H3;3-4H2,1-2H3;3H2,1-2H3;1H4;/q;;;-1;;;;/b4-3+;5-3+;;;;;;. The maximum absolute atomic E-state index is 10.0. The Balaban J connectivity index is -0.0000000376. The number of rotatable bonds is 6. The molecule has 33 heavy (non-hydrogen) atoms. The Morgan fingerprint density at radius 3 is 1.12 bits per heavy atom. The van der Waals surface area contributed by atoms with Crippen molar-refractivity contribution in [1.29, 1.82) is 0 Å². The van der Waals surface area contributed by atoms with Gasteiger partial charge in [-0.15, -0.1) is 6.42 Å². The van der Waals surface area contributed by atoms with E-state index < -0.39 is 9.84 Å². The Morgan fingerprint density at radius 1 is 0.818 bits per heavy atom. The fraction of sp³-hybridized carbons (Fsp3) is 0.692. The molecule has 0 aliphatic heterocycles. The van der Waals surface area contributed by atoms with E-state index in [0.29, 0.717) is 12.8 Å². The van der Waals surface area contributed by atoms with E-state index in [2.05, 4.69) is 39.8 Å². The van der Waals surface area contributed by atoms with Crippen LogP contribution in [-0.4, -0.2) is 37.8 Å². The average molecular weight is 569 g/mol. The molecule has 0 N–H and O–H groups in total. The fourth-order valence-corrected chi connectivity index (χ4v) is 0.470. The SMILES string of the molecule is C.C/C=C/C(C)=O.C/C=C/CC.CCC(C)=O.CCCC.CCS(C)(=O)=O.[CH2-]CC(C)=O.[Y]. The molecule has 0 rings (SSSR count). The summed E-state index contributed by atoms with van der Waals surface area (Å²) in [5.41, 5.74) is 0. The fourth-order valence-electron chi connectivity index (χ4n) is 0.470. The van der Waals surface area contributed by atoms with Crippen LogP contribution in [0.4, 0.5) is 0 Å². The summed E-state index contributed by atoms with van der Waals surface area (Å²) in [5.74, 6) is 0.750. The van der Waals surface area contributed by atoms with Crippen LogP contribution in [0.25, 0.3) is 0 Å². The third-order valence-electron chi connectivity index (χ3n) is 2.75. The van der Waals surface area contributed by atoms with Gasteiger partial charge in [-0.1, -0.05) is 73.1 Å². The minimum atomic E-state index is -2.66. The molecule has 0 amide bonds. The molecule has 5 nitrogen and oxygen atoms in total. The first-order valence-electron chi connectivity index (χ1n) is 10.9. The average Bonchev–Trinajstić information content (AvgIpc) is 2.70. The minimum Gasteiger partial charge on any atom is -0.336 e. The molecule has 0 aromatic heterocycles. The number of hydrogen-bond acceptors (Lipinski definition) is 5. The minimum absolute atomic E-state index is 0. The van der Waals surface area contributed by atoms with Gasteiger partial charge in [-0.2, -0.15) is 0 Å². The van der Waals surface area contributed by atoms with E-state index in [1.54, 1.807) is 19.9 Å². The zero-order chi connectivity index (χ0) is 26.3. The molecular weight excluding hydrogens is 513 g/mol. The van der Waals surface area contributed by atoms with Gasteiger partial charge in [-0.05, 0) is 47.1 Å². The van der Waals surface area contributed by atoms with Crippen LogP contribution in [0.5, 0.6) is 0 Å². The van der Waals surface area contributed by atoms with Gasteiger partial charge < -0.3 is 16.5 Å². The summed E-state index contributed by atoms with van der Waals surface area (Å²) in [6.07, 6.45) is 13.5. The van der Waals surface area contributed by atoms with Crippen LogP contribution in [0.2, 0.25) is 0 Å². The molecule has 0 aliphatic carbocycles. The van der Waals surface area contributed by atoms with Gasteiger partial charge in [-0.25, -0.2) is 8.42 Å². The summed E-state index contributed by atoms with van der Waals surface area (Å²) in [4.78, 5) is 29.5. The van der Waals surface area contributed by atoms with E-state index in [-0.39, 0.29) is 63.2 Å². The quantitative estimate of drug-likeness (QED) is 0.189. The second kappa shape index (κ2) is 48.9. The number of ketones is 3. The summed E-state index contributed by atoms with van der Waals surface area (Å²) in [7, 11) is -2.66. The molecule has 1 radical (unpaired) electrons. The third-order valence-corrected chi connectivity index (χ3v) is 3.80. The summed E-state index contributed by atoms with van der Waals surface area (Å²) in [5, 5.41) is 0. The van der Waals surface area contributed by atoms with E-state index >= 15 is 0 Å². The van der Waals surface area contributed by atoms with E-state index in [1.807, 2.05) is 20.8 Å². The van der Waals surface area contributed by atoms with Crippen LogP contribution in [0.1, 0.15) is 109 Å². The molecule has 0 aliphatic rings. The Labute approximate surface area is 233 Å². The molecular formula is C26H55O5SY-. The van der Waals surface area contributed by atoms with Crippen molar-refractivity contribution >= 4 is 27.2 Å². The maximum atomic E-state index is 10.0. The van der Waals surface area contributed by atoms with Crippen molar-refractivity contribution in [3.8, 4) is 0 Å². The Morgan fingerprint density at radius 2 is 1.12 bits per heavy atom. The molecule has 0 atom stereocenters. The maximum Gasteiger partial charge on any atom is 0.152 e. The van der Waals surface area contributed by atoms with Crippen molar-refractivity contribution in [1.82, 2.24) is 0 Å². The Kier molecular flexibility index (Phi) is 79.6. The third kappa shape index (κ3) is 175. The number of hydrogen-bond donors (Lipinski definition) is 0. The summed E-state index contributed by atoms with van der Waals surface area (Å²) in [6.45, 7) is 21.8. The van der Waals surface area contributed by atoms with Crippen LogP contribution < -0.4 is 0 Å². The van der Waals surface area contributed by atoms with Crippen molar-refractivity contribution in [2.45, 2.75) is 109 Å². The molecule has 0 spiro atoms. The Bertz CT molecular complexity index is 521. The molecule has 0 unspecified atom stereocenters. The summed E-state index contributed by atoms with van der Waals surface area (Å²) >= 11 is 0. The normalized spacial score (nSPS) is 8.61. The van der Waals surface area contributed by atoms with Crippen LogP contribution >= 0.6 is 0 Å². The molecule has 0 bridgehead atoms. The topological polar surface area (TPSA) is 85.3 Å². The summed E-state index contributed by atoms with van der Waals surface area (Å²) in [6, 6.07) is 0. The Hall–Kier alpha value is -0.456. The smallest absolute Gasteiger partial charge is 0.152 e. The van der Waals surface area contributed by atoms with Crippen LogP contribution in [0.3, 0.4) is 0 Å².